The zero-order valence-electron chi connectivity index (χ0n) is 9.12. The molecular weight excluding hydrogens is 162 g/mol. The Hall–Kier alpha value is -0.0800. The summed E-state index contributed by atoms with van der Waals surface area (Å²) in [5, 5.41) is 0. The van der Waals surface area contributed by atoms with E-state index in [4.69, 9.17) is 10.5 Å². The number of ether oxygens (including phenoxy) is 1. The number of rotatable bonds is 6. The second-order valence-electron chi connectivity index (χ2n) is 4.45. The fraction of sp³-hybridized carbons (Fsp3) is 1.00. The molecule has 0 aliphatic heterocycles. The van der Waals surface area contributed by atoms with Gasteiger partial charge in [-0.15, -0.1) is 0 Å². The van der Waals surface area contributed by atoms with Gasteiger partial charge in [0.05, 0.1) is 6.10 Å². The summed E-state index contributed by atoms with van der Waals surface area (Å²) in [5.41, 5.74) is 6.12. The van der Waals surface area contributed by atoms with Crippen molar-refractivity contribution < 1.29 is 4.74 Å². The molecule has 0 heterocycles. The second-order valence-corrected chi connectivity index (χ2v) is 4.45. The van der Waals surface area contributed by atoms with Crippen LogP contribution in [0.15, 0.2) is 0 Å². The number of hydrogen-bond acceptors (Lipinski definition) is 2. The topological polar surface area (TPSA) is 35.2 Å². The predicted octanol–water partition coefficient (Wildman–Crippen LogP) is 2.17. The second kappa shape index (κ2) is 4.97. The highest BCUT2D eigenvalue weighted by Crippen LogP contribution is 2.36. The highest BCUT2D eigenvalue weighted by Gasteiger charge is 2.35. The highest BCUT2D eigenvalue weighted by atomic mass is 16.5. The standard InChI is InChI=1S/C11H23NO/c1-4-8(2)7-10(12)11(13-3)9-5-6-9/h8-11H,4-7,12H2,1-3H3. The van der Waals surface area contributed by atoms with Gasteiger partial charge >= 0.3 is 0 Å². The van der Waals surface area contributed by atoms with Crippen molar-refractivity contribution in [2.75, 3.05) is 7.11 Å². The summed E-state index contributed by atoms with van der Waals surface area (Å²) in [6.07, 6.45) is 5.26. The molecule has 0 aromatic rings. The van der Waals surface area contributed by atoms with Gasteiger partial charge in [0, 0.05) is 13.2 Å². The number of methoxy groups -OCH3 is 1. The number of hydrogen-bond donors (Lipinski definition) is 1. The van der Waals surface area contributed by atoms with Crippen LogP contribution in [0.3, 0.4) is 0 Å². The average Bonchev–Trinajstić information content (AvgIpc) is 2.89. The molecule has 78 valence electrons. The Balaban J connectivity index is 2.30. The summed E-state index contributed by atoms with van der Waals surface area (Å²) in [6.45, 7) is 4.48. The van der Waals surface area contributed by atoms with Gasteiger partial charge in [-0.2, -0.15) is 0 Å². The normalized spacial score (nSPS) is 24.0. The maximum absolute atomic E-state index is 6.12. The summed E-state index contributed by atoms with van der Waals surface area (Å²) in [4.78, 5) is 0. The molecule has 0 saturated heterocycles. The predicted molar refractivity (Wildman–Crippen MR) is 55.6 cm³/mol. The molecule has 3 unspecified atom stereocenters. The van der Waals surface area contributed by atoms with Crippen molar-refractivity contribution in [2.45, 2.75) is 51.7 Å². The van der Waals surface area contributed by atoms with E-state index in [2.05, 4.69) is 13.8 Å². The molecule has 1 rings (SSSR count). The lowest BCUT2D eigenvalue weighted by Crippen LogP contribution is -2.38. The molecule has 1 aliphatic rings. The molecule has 0 aromatic heterocycles. The fourth-order valence-corrected chi connectivity index (χ4v) is 1.91. The van der Waals surface area contributed by atoms with Crippen molar-refractivity contribution in [1.82, 2.24) is 0 Å². The zero-order valence-corrected chi connectivity index (χ0v) is 9.12. The summed E-state index contributed by atoms with van der Waals surface area (Å²) < 4.78 is 5.46. The largest absolute Gasteiger partial charge is 0.380 e. The zero-order chi connectivity index (χ0) is 9.84. The van der Waals surface area contributed by atoms with Crippen molar-refractivity contribution in [2.24, 2.45) is 17.6 Å². The SMILES string of the molecule is CCC(C)CC(N)C(OC)C1CC1. The summed E-state index contributed by atoms with van der Waals surface area (Å²) in [7, 11) is 1.79. The van der Waals surface area contributed by atoms with E-state index in [1.807, 2.05) is 0 Å². The van der Waals surface area contributed by atoms with Crippen molar-refractivity contribution in [3.8, 4) is 0 Å². The van der Waals surface area contributed by atoms with Crippen molar-refractivity contribution >= 4 is 0 Å². The Kier molecular flexibility index (Phi) is 4.20. The highest BCUT2D eigenvalue weighted by molar-refractivity contribution is 4.89. The van der Waals surface area contributed by atoms with E-state index in [1.54, 1.807) is 7.11 Å². The van der Waals surface area contributed by atoms with Gasteiger partial charge in [-0.25, -0.2) is 0 Å². The molecule has 1 saturated carbocycles. The third kappa shape index (κ3) is 3.28. The quantitative estimate of drug-likeness (QED) is 0.688. The van der Waals surface area contributed by atoms with Gasteiger partial charge < -0.3 is 10.5 Å². The van der Waals surface area contributed by atoms with E-state index < -0.39 is 0 Å². The Morgan fingerprint density at radius 3 is 2.46 bits per heavy atom. The molecule has 0 spiro atoms. The van der Waals surface area contributed by atoms with E-state index >= 15 is 0 Å². The van der Waals surface area contributed by atoms with E-state index in [9.17, 15) is 0 Å². The Morgan fingerprint density at radius 2 is 2.08 bits per heavy atom. The van der Waals surface area contributed by atoms with Crippen LogP contribution in [0.2, 0.25) is 0 Å². The Bertz CT molecular complexity index is 145. The van der Waals surface area contributed by atoms with Gasteiger partial charge in [-0.1, -0.05) is 20.3 Å². The summed E-state index contributed by atoms with van der Waals surface area (Å²) >= 11 is 0. The van der Waals surface area contributed by atoms with Crippen LogP contribution in [-0.4, -0.2) is 19.3 Å². The molecule has 1 aliphatic carbocycles. The van der Waals surface area contributed by atoms with Gasteiger partial charge in [-0.05, 0) is 31.1 Å². The van der Waals surface area contributed by atoms with Crippen molar-refractivity contribution in [3.63, 3.8) is 0 Å². The van der Waals surface area contributed by atoms with E-state index in [0.29, 0.717) is 6.10 Å². The maximum atomic E-state index is 6.12. The smallest absolute Gasteiger partial charge is 0.0750 e. The van der Waals surface area contributed by atoms with Crippen LogP contribution in [0.5, 0.6) is 0 Å². The minimum absolute atomic E-state index is 0.243. The van der Waals surface area contributed by atoms with Crippen LogP contribution < -0.4 is 5.73 Å². The molecule has 2 heteroatoms. The molecule has 0 radical (unpaired) electrons. The minimum Gasteiger partial charge on any atom is -0.380 e. The molecule has 13 heavy (non-hydrogen) atoms. The first-order valence-electron chi connectivity index (χ1n) is 5.47. The van der Waals surface area contributed by atoms with Crippen LogP contribution in [0, 0.1) is 11.8 Å². The molecule has 2 N–H and O–H groups in total. The van der Waals surface area contributed by atoms with E-state index in [-0.39, 0.29) is 6.04 Å². The third-order valence-corrected chi connectivity index (χ3v) is 3.15. The minimum atomic E-state index is 0.243. The van der Waals surface area contributed by atoms with Crippen LogP contribution in [0.4, 0.5) is 0 Å². The molecular formula is C11H23NO. The van der Waals surface area contributed by atoms with Crippen molar-refractivity contribution in [3.05, 3.63) is 0 Å². The molecule has 0 bridgehead atoms. The first-order chi connectivity index (χ1) is 6.19. The van der Waals surface area contributed by atoms with Gasteiger partial charge in [0.15, 0.2) is 0 Å². The summed E-state index contributed by atoms with van der Waals surface area (Å²) in [5.74, 6) is 1.48. The Labute approximate surface area is 81.8 Å². The molecule has 1 fully saturated rings. The van der Waals surface area contributed by atoms with Crippen LogP contribution in [0.1, 0.15) is 39.5 Å². The van der Waals surface area contributed by atoms with Crippen LogP contribution in [0.25, 0.3) is 0 Å². The monoisotopic (exact) mass is 185 g/mol. The maximum Gasteiger partial charge on any atom is 0.0750 e. The number of nitrogens with two attached hydrogens (primary N) is 1. The summed E-state index contributed by atoms with van der Waals surface area (Å²) in [6, 6.07) is 0.243. The molecule has 0 aromatic carbocycles. The third-order valence-electron chi connectivity index (χ3n) is 3.15. The first-order valence-corrected chi connectivity index (χ1v) is 5.47. The fourth-order valence-electron chi connectivity index (χ4n) is 1.91. The lowest BCUT2D eigenvalue weighted by Gasteiger charge is -2.24. The average molecular weight is 185 g/mol. The van der Waals surface area contributed by atoms with E-state index in [1.165, 1.54) is 19.3 Å². The molecule has 0 amide bonds. The van der Waals surface area contributed by atoms with Gasteiger partial charge in [-0.3, -0.25) is 0 Å². The Morgan fingerprint density at radius 1 is 1.46 bits per heavy atom. The van der Waals surface area contributed by atoms with Gasteiger partial charge in [0.1, 0.15) is 0 Å². The lowest BCUT2D eigenvalue weighted by atomic mass is 9.94. The molecule has 3 atom stereocenters. The van der Waals surface area contributed by atoms with E-state index in [0.717, 1.165) is 18.3 Å². The van der Waals surface area contributed by atoms with Gasteiger partial charge in [0.25, 0.3) is 0 Å². The van der Waals surface area contributed by atoms with Crippen LogP contribution in [-0.2, 0) is 4.74 Å². The first kappa shape index (κ1) is 11.0. The van der Waals surface area contributed by atoms with Gasteiger partial charge in [0.2, 0.25) is 0 Å². The lowest BCUT2D eigenvalue weighted by molar-refractivity contribution is 0.0559. The molecule has 2 nitrogen and oxygen atoms in total. The van der Waals surface area contributed by atoms with Crippen molar-refractivity contribution in [1.29, 1.82) is 0 Å². The van der Waals surface area contributed by atoms with Crippen LogP contribution >= 0.6 is 0 Å².